The number of likely N-dealkylation sites (tertiary alicyclic amines) is 2. The summed E-state index contributed by atoms with van der Waals surface area (Å²) < 4.78 is 0. The van der Waals surface area contributed by atoms with Gasteiger partial charge in [0.1, 0.15) is 6.04 Å². The molecule has 2 heterocycles. The van der Waals surface area contributed by atoms with Crippen LogP contribution >= 0.6 is 0 Å². The molecule has 0 bridgehead atoms. The summed E-state index contributed by atoms with van der Waals surface area (Å²) in [5, 5.41) is 13.2. The highest BCUT2D eigenvalue weighted by Gasteiger charge is 2.40. The van der Waals surface area contributed by atoms with E-state index in [2.05, 4.69) is 10.2 Å². The summed E-state index contributed by atoms with van der Waals surface area (Å²) >= 11 is 0. The minimum Gasteiger partial charge on any atom is -0.344 e. The summed E-state index contributed by atoms with van der Waals surface area (Å²) in [5.74, 6) is 0.964. The van der Waals surface area contributed by atoms with Gasteiger partial charge in [-0.15, -0.1) is 0 Å². The van der Waals surface area contributed by atoms with Crippen LogP contribution in [0.15, 0.2) is 0 Å². The average Bonchev–Trinajstić information content (AvgIpc) is 3.31. The molecule has 0 radical (unpaired) electrons. The number of rotatable bonds is 10. The average molecular weight is 493 g/mol. The monoisotopic (exact) mass is 492 g/mol. The van der Waals surface area contributed by atoms with E-state index in [0.29, 0.717) is 23.9 Å². The number of piperidine rings is 2. The molecule has 8 nitrogen and oxygen atoms in total. The second kappa shape index (κ2) is 12.5. The van der Waals surface area contributed by atoms with Crippen molar-refractivity contribution in [2.24, 2.45) is 23.2 Å². The van der Waals surface area contributed by atoms with Crippen LogP contribution < -0.4 is 5.32 Å². The van der Waals surface area contributed by atoms with Crippen LogP contribution in [0.2, 0.25) is 0 Å². The predicted octanol–water partition coefficient (Wildman–Crippen LogP) is 3.28. The van der Waals surface area contributed by atoms with E-state index in [-0.39, 0.29) is 18.4 Å². The highest BCUT2D eigenvalue weighted by Crippen LogP contribution is 2.39. The number of amides is 3. The highest BCUT2D eigenvalue weighted by atomic mass is 16.5. The van der Waals surface area contributed by atoms with Crippen molar-refractivity contribution in [3.8, 4) is 0 Å². The van der Waals surface area contributed by atoms with Gasteiger partial charge in [-0.2, -0.15) is 0 Å². The molecule has 3 amide bonds. The Morgan fingerprint density at radius 3 is 2.40 bits per heavy atom. The zero-order valence-electron chi connectivity index (χ0n) is 22.4. The fourth-order valence-corrected chi connectivity index (χ4v) is 6.36. The SMILES string of the molecule is CCCC[C@H](CN(O)C=O)C(=O)N[C@H](C(=O)N1CCC(N2CCC3CCCC3C2)CC1)C(C)(C)C. The van der Waals surface area contributed by atoms with Crippen LogP contribution in [-0.4, -0.2) is 83.1 Å². The molecule has 8 heteroatoms. The van der Waals surface area contributed by atoms with Crippen molar-refractivity contribution in [3.63, 3.8) is 0 Å². The molecule has 1 saturated carbocycles. The fourth-order valence-electron chi connectivity index (χ4n) is 6.36. The van der Waals surface area contributed by atoms with Gasteiger partial charge in [0.15, 0.2) is 0 Å². The first kappa shape index (κ1) is 27.9. The molecule has 0 aromatic heterocycles. The predicted molar refractivity (Wildman–Crippen MR) is 136 cm³/mol. The van der Waals surface area contributed by atoms with E-state index in [9.17, 15) is 19.6 Å². The normalized spacial score (nSPS) is 25.6. The summed E-state index contributed by atoms with van der Waals surface area (Å²) in [7, 11) is 0. The van der Waals surface area contributed by atoms with Crippen LogP contribution in [-0.2, 0) is 14.4 Å². The summed E-state index contributed by atoms with van der Waals surface area (Å²) in [4.78, 5) is 42.3. The summed E-state index contributed by atoms with van der Waals surface area (Å²) in [6.45, 7) is 11.8. The first-order valence-corrected chi connectivity index (χ1v) is 13.9. The van der Waals surface area contributed by atoms with Crippen molar-refractivity contribution in [2.75, 3.05) is 32.7 Å². The summed E-state index contributed by atoms with van der Waals surface area (Å²) in [6, 6.07) is -0.0890. The van der Waals surface area contributed by atoms with Crippen LogP contribution in [0, 0.1) is 23.2 Å². The second-order valence-corrected chi connectivity index (χ2v) is 12.2. The van der Waals surface area contributed by atoms with E-state index < -0.39 is 17.4 Å². The van der Waals surface area contributed by atoms with Crippen molar-refractivity contribution in [1.29, 1.82) is 0 Å². The highest BCUT2D eigenvalue weighted by molar-refractivity contribution is 5.89. The van der Waals surface area contributed by atoms with Crippen molar-refractivity contribution in [3.05, 3.63) is 0 Å². The molecular formula is C27H48N4O4. The molecule has 3 aliphatic rings. The Morgan fingerprint density at radius 1 is 1.09 bits per heavy atom. The lowest BCUT2D eigenvalue weighted by Gasteiger charge is -2.44. The van der Waals surface area contributed by atoms with Crippen LogP contribution in [0.4, 0.5) is 0 Å². The van der Waals surface area contributed by atoms with E-state index in [1.165, 1.54) is 38.8 Å². The van der Waals surface area contributed by atoms with Gasteiger partial charge in [0.2, 0.25) is 18.2 Å². The quantitative estimate of drug-likeness (QED) is 0.277. The molecule has 0 aromatic rings. The zero-order chi connectivity index (χ0) is 25.6. The van der Waals surface area contributed by atoms with Gasteiger partial charge in [-0.1, -0.05) is 53.4 Å². The summed E-state index contributed by atoms with van der Waals surface area (Å²) in [6.07, 6.45) is 10.1. The van der Waals surface area contributed by atoms with Crippen molar-refractivity contribution in [2.45, 2.75) is 97.6 Å². The first-order valence-electron chi connectivity index (χ1n) is 13.9. The number of hydrogen-bond donors (Lipinski definition) is 2. The minimum atomic E-state index is -0.645. The van der Waals surface area contributed by atoms with Gasteiger partial charge < -0.3 is 10.2 Å². The van der Waals surface area contributed by atoms with Gasteiger partial charge in [0.25, 0.3) is 0 Å². The zero-order valence-corrected chi connectivity index (χ0v) is 22.4. The Bertz CT molecular complexity index is 716. The molecule has 2 N–H and O–H groups in total. The number of unbranched alkanes of at least 4 members (excludes halogenated alkanes) is 1. The molecule has 2 aliphatic heterocycles. The fraction of sp³-hybridized carbons (Fsp3) is 0.889. The molecule has 3 rings (SSSR count). The van der Waals surface area contributed by atoms with Crippen LogP contribution in [0.1, 0.15) is 85.5 Å². The van der Waals surface area contributed by atoms with Gasteiger partial charge in [0.05, 0.1) is 12.5 Å². The smallest absolute Gasteiger partial charge is 0.245 e. The van der Waals surface area contributed by atoms with Gasteiger partial charge in [-0.25, -0.2) is 5.06 Å². The first-order chi connectivity index (χ1) is 16.6. The third kappa shape index (κ3) is 7.42. The minimum absolute atomic E-state index is 0.0238. The number of hydrogen-bond acceptors (Lipinski definition) is 5. The maximum absolute atomic E-state index is 13.6. The lowest BCUT2D eigenvalue weighted by atomic mass is 9.84. The molecular weight excluding hydrogens is 444 g/mol. The van der Waals surface area contributed by atoms with Crippen LogP contribution in [0.25, 0.3) is 0 Å². The van der Waals surface area contributed by atoms with E-state index in [1.54, 1.807) is 0 Å². The molecule has 2 saturated heterocycles. The third-order valence-corrected chi connectivity index (χ3v) is 8.57. The molecule has 0 spiro atoms. The van der Waals surface area contributed by atoms with Gasteiger partial charge >= 0.3 is 0 Å². The number of nitrogens with one attached hydrogen (secondary N) is 1. The van der Waals surface area contributed by atoms with Gasteiger partial charge in [0, 0.05) is 25.7 Å². The maximum atomic E-state index is 13.6. The van der Waals surface area contributed by atoms with Gasteiger partial charge in [-0.3, -0.25) is 24.5 Å². The Kier molecular flexibility index (Phi) is 9.99. The Hall–Kier alpha value is -1.67. The number of carbonyl (C=O) groups is 3. The molecule has 4 atom stereocenters. The lowest BCUT2D eigenvalue weighted by molar-refractivity contribution is -0.155. The molecule has 2 unspecified atom stereocenters. The van der Waals surface area contributed by atoms with Crippen LogP contribution in [0.5, 0.6) is 0 Å². The Labute approximate surface area is 211 Å². The topological polar surface area (TPSA) is 93.2 Å². The molecule has 0 aromatic carbocycles. The lowest BCUT2D eigenvalue weighted by Crippen LogP contribution is -2.58. The van der Waals surface area contributed by atoms with Gasteiger partial charge in [-0.05, 0) is 55.9 Å². The molecule has 3 fully saturated rings. The number of fused-ring (bicyclic) bond motifs is 1. The molecule has 200 valence electrons. The summed E-state index contributed by atoms with van der Waals surface area (Å²) in [5.41, 5.74) is -0.452. The number of nitrogens with zero attached hydrogens (tertiary/aromatic N) is 3. The molecule has 35 heavy (non-hydrogen) atoms. The number of carbonyl (C=O) groups excluding carboxylic acids is 3. The van der Waals surface area contributed by atoms with E-state index in [1.807, 2.05) is 32.6 Å². The molecule has 1 aliphatic carbocycles. The van der Waals surface area contributed by atoms with Crippen molar-refractivity contribution in [1.82, 2.24) is 20.2 Å². The largest absolute Gasteiger partial charge is 0.344 e. The van der Waals surface area contributed by atoms with Crippen molar-refractivity contribution >= 4 is 18.2 Å². The van der Waals surface area contributed by atoms with E-state index >= 15 is 0 Å². The van der Waals surface area contributed by atoms with E-state index in [4.69, 9.17) is 0 Å². The van der Waals surface area contributed by atoms with Crippen LogP contribution in [0.3, 0.4) is 0 Å². The standard InChI is InChI=1S/C27H48N4O4/c1-5-6-8-22(18-31(35)19-32)25(33)28-24(27(2,3)4)26(34)29-15-12-23(13-16-29)30-14-11-20-9-7-10-21(20)17-30/h19-24,35H,5-18H2,1-4H3,(H,28,33)/t20?,21?,22-,24-/m1/s1. The van der Waals surface area contributed by atoms with E-state index in [0.717, 1.165) is 50.6 Å². The number of hydroxylamine groups is 2. The third-order valence-electron chi connectivity index (χ3n) is 8.57. The second-order valence-electron chi connectivity index (χ2n) is 12.2. The van der Waals surface area contributed by atoms with Crippen molar-refractivity contribution < 1.29 is 19.6 Å². The maximum Gasteiger partial charge on any atom is 0.245 e. The Balaban J connectivity index is 1.58. The Morgan fingerprint density at radius 2 is 1.77 bits per heavy atom.